The molecule has 4 heterocycles. The van der Waals surface area contributed by atoms with Gasteiger partial charge in [-0.1, -0.05) is 12.1 Å². The molecule has 4 rings (SSSR count). The van der Waals surface area contributed by atoms with Gasteiger partial charge in [0.1, 0.15) is 5.65 Å². The summed E-state index contributed by atoms with van der Waals surface area (Å²) < 4.78 is 2.10. The molecule has 1 saturated heterocycles. The van der Waals surface area contributed by atoms with Gasteiger partial charge >= 0.3 is 0 Å². The molecule has 1 aliphatic rings. The maximum Gasteiger partial charge on any atom is 0.228 e. The SMILES string of the molecule is O=C(Cc1cccs1)N1CCC[C@@H]1c1cccc2nccn12. The summed E-state index contributed by atoms with van der Waals surface area (Å²) in [4.78, 5) is 20.2. The molecular formula is C17H17N3OS. The van der Waals surface area contributed by atoms with E-state index in [0.717, 1.165) is 35.6 Å². The highest BCUT2D eigenvalue weighted by Gasteiger charge is 2.31. The van der Waals surface area contributed by atoms with E-state index >= 15 is 0 Å². The maximum absolute atomic E-state index is 12.7. The van der Waals surface area contributed by atoms with Crippen LogP contribution in [-0.2, 0) is 11.2 Å². The Morgan fingerprint density at radius 1 is 1.32 bits per heavy atom. The highest BCUT2D eigenvalue weighted by Crippen LogP contribution is 2.32. The number of aromatic nitrogens is 2. The Labute approximate surface area is 133 Å². The second-order valence-electron chi connectivity index (χ2n) is 5.61. The third-order valence-corrected chi connectivity index (χ3v) is 5.16. The van der Waals surface area contributed by atoms with Gasteiger partial charge < -0.3 is 9.30 Å². The van der Waals surface area contributed by atoms with Gasteiger partial charge in [-0.3, -0.25) is 4.79 Å². The smallest absolute Gasteiger partial charge is 0.228 e. The van der Waals surface area contributed by atoms with Crippen molar-refractivity contribution in [2.45, 2.75) is 25.3 Å². The maximum atomic E-state index is 12.7. The average molecular weight is 311 g/mol. The predicted molar refractivity (Wildman–Crippen MR) is 86.9 cm³/mol. The second kappa shape index (κ2) is 5.57. The number of pyridine rings is 1. The summed E-state index contributed by atoms with van der Waals surface area (Å²) in [7, 11) is 0. The first kappa shape index (κ1) is 13.5. The Kier molecular flexibility index (Phi) is 3.42. The van der Waals surface area contributed by atoms with E-state index in [4.69, 9.17) is 0 Å². The van der Waals surface area contributed by atoms with E-state index in [1.165, 1.54) is 0 Å². The molecule has 5 heteroatoms. The fourth-order valence-electron chi connectivity index (χ4n) is 3.28. The molecule has 3 aromatic heterocycles. The van der Waals surface area contributed by atoms with E-state index in [-0.39, 0.29) is 11.9 Å². The van der Waals surface area contributed by atoms with Crippen molar-refractivity contribution in [2.75, 3.05) is 6.54 Å². The Bertz CT molecular complexity index is 793. The van der Waals surface area contributed by atoms with E-state index in [0.29, 0.717) is 6.42 Å². The number of fused-ring (bicyclic) bond motifs is 1. The van der Waals surface area contributed by atoms with Gasteiger partial charge in [-0.25, -0.2) is 4.98 Å². The lowest BCUT2D eigenvalue weighted by atomic mass is 10.1. The quantitative estimate of drug-likeness (QED) is 0.744. The van der Waals surface area contributed by atoms with E-state index in [1.54, 1.807) is 11.3 Å². The molecule has 1 atom stereocenters. The Balaban J connectivity index is 1.63. The van der Waals surface area contributed by atoms with E-state index in [9.17, 15) is 4.79 Å². The zero-order valence-corrected chi connectivity index (χ0v) is 13.0. The number of thiophene rings is 1. The number of carbonyl (C=O) groups excluding carboxylic acids is 1. The van der Waals surface area contributed by atoms with Gasteiger partial charge in [-0.05, 0) is 36.4 Å². The van der Waals surface area contributed by atoms with Crippen LogP contribution in [0.4, 0.5) is 0 Å². The number of nitrogens with zero attached hydrogens (tertiary/aromatic N) is 3. The summed E-state index contributed by atoms with van der Waals surface area (Å²) in [5.74, 6) is 0.224. The van der Waals surface area contributed by atoms with Crippen LogP contribution in [0.25, 0.3) is 5.65 Å². The lowest BCUT2D eigenvalue weighted by Gasteiger charge is -2.25. The van der Waals surface area contributed by atoms with Crippen LogP contribution in [-0.4, -0.2) is 26.7 Å². The third-order valence-electron chi connectivity index (χ3n) is 4.28. The van der Waals surface area contributed by atoms with Crippen molar-refractivity contribution in [3.8, 4) is 0 Å². The number of hydrogen-bond acceptors (Lipinski definition) is 3. The summed E-state index contributed by atoms with van der Waals surface area (Å²) in [5.41, 5.74) is 2.10. The standard InChI is InChI=1S/C17H17N3OS/c21-17(12-13-4-3-11-22-13)20-9-2-6-15(20)14-5-1-7-16-18-8-10-19(14)16/h1,3-5,7-8,10-11,15H,2,6,9,12H2/t15-/m1/s1. The Morgan fingerprint density at radius 3 is 3.14 bits per heavy atom. The zero-order chi connectivity index (χ0) is 14.9. The fraction of sp³-hybridized carbons (Fsp3) is 0.294. The van der Waals surface area contributed by atoms with Crippen molar-refractivity contribution in [1.29, 1.82) is 0 Å². The molecule has 3 aromatic rings. The topological polar surface area (TPSA) is 37.6 Å². The van der Waals surface area contributed by atoms with Crippen molar-refractivity contribution < 1.29 is 4.79 Å². The zero-order valence-electron chi connectivity index (χ0n) is 12.2. The Morgan fingerprint density at radius 2 is 2.27 bits per heavy atom. The minimum absolute atomic E-state index is 0.158. The van der Waals surface area contributed by atoms with Gasteiger partial charge in [0.05, 0.1) is 12.5 Å². The molecule has 0 saturated carbocycles. The Hall–Kier alpha value is -2.14. The first-order valence-corrected chi connectivity index (χ1v) is 8.45. The molecule has 1 aliphatic heterocycles. The van der Waals surface area contributed by atoms with E-state index in [1.807, 2.05) is 46.9 Å². The molecule has 112 valence electrons. The first-order valence-electron chi connectivity index (χ1n) is 7.57. The van der Waals surface area contributed by atoms with E-state index in [2.05, 4.69) is 15.5 Å². The molecule has 0 N–H and O–H groups in total. The molecule has 0 bridgehead atoms. The highest BCUT2D eigenvalue weighted by molar-refractivity contribution is 7.10. The largest absolute Gasteiger partial charge is 0.334 e. The van der Waals surface area contributed by atoms with Crippen LogP contribution in [0, 0.1) is 0 Å². The van der Waals surface area contributed by atoms with Gasteiger partial charge in [0.25, 0.3) is 0 Å². The molecule has 1 amide bonds. The normalized spacial score (nSPS) is 18.2. The molecule has 0 spiro atoms. The third kappa shape index (κ3) is 2.31. The second-order valence-corrected chi connectivity index (χ2v) is 6.64. The molecule has 1 fully saturated rings. The summed E-state index contributed by atoms with van der Waals surface area (Å²) in [6.45, 7) is 0.847. The number of rotatable bonds is 3. The van der Waals surface area contributed by atoms with Gasteiger partial charge in [0.15, 0.2) is 0 Å². The van der Waals surface area contributed by atoms with Gasteiger partial charge in [-0.15, -0.1) is 11.3 Å². The lowest BCUT2D eigenvalue weighted by Crippen LogP contribution is -2.32. The number of carbonyl (C=O) groups is 1. The van der Waals surface area contributed by atoms with Crippen molar-refractivity contribution in [1.82, 2.24) is 14.3 Å². The highest BCUT2D eigenvalue weighted by atomic mass is 32.1. The number of hydrogen-bond donors (Lipinski definition) is 0. The lowest BCUT2D eigenvalue weighted by molar-refractivity contribution is -0.131. The summed E-state index contributed by atoms with van der Waals surface area (Å²) in [6, 6.07) is 10.3. The van der Waals surface area contributed by atoms with Crippen LogP contribution >= 0.6 is 11.3 Å². The van der Waals surface area contributed by atoms with Crippen molar-refractivity contribution in [3.63, 3.8) is 0 Å². The van der Waals surface area contributed by atoms with Gasteiger partial charge in [0, 0.05) is 29.5 Å². The van der Waals surface area contributed by atoms with Crippen LogP contribution < -0.4 is 0 Å². The molecule has 22 heavy (non-hydrogen) atoms. The van der Waals surface area contributed by atoms with Crippen molar-refractivity contribution >= 4 is 22.9 Å². The monoisotopic (exact) mass is 311 g/mol. The fourth-order valence-corrected chi connectivity index (χ4v) is 3.97. The molecule has 0 aromatic carbocycles. The minimum atomic E-state index is 0.158. The van der Waals surface area contributed by atoms with Crippen LogP contribution in [0.2, 0.25) is 0 Å². The van der Waals surface area contributed by atoms with Crippen molar-refractivity contribution in [3.05, 3.63) is 58.7 Å². The van der Waals surface area contributed by atoms with E-state index < -0.39 is 0 Å². The van der Waals surface area contributed by atoms with Gasteiger partial charge in [0.2, 0.25) is 5.91 Å². The summed E-state index contributed by atoms with van der Waals surface area (Å²) in [6.07, 6.45) is 6.38. The van der Waals surface area contributed by atoms with Gasteiger partial charge in [-0.2, -0.15) is 0 Å². The summed E-state index contributed by atoms with van der Waals surface area (Å²) >= 11 is 1.65. The minimum Gasteiger partial charge on any atom is -0.334 e. The number of imidazole rings is 1. The average Bonchev–Trinajstić information content (AvgIpc) is 3.27. The molecule has 0 aliphatic carbocycles. The first-order chi connectivity index (χ1) is 10.8. The van der Waals surface area contributed by atoms with Crippen LogP contribution in [0.3, 0.4) is 0 Å². The molecule has 4 nitrogen and oxygen atoms in total. The van der Waals surface area contributed by atoms with Crippen molar-refractivity contribution in [2.24, 2.45) is 0 Å². The van der Waals surface area contributed by atoms with Crippen LogP contribution in [0.15, 0.2) is 48.1 Å². The molecule has 0 radical (unpaired) electrons. The molecular weight excluding hydrogens is 294 g/mol. The molecule has 0 unspecified atom stereocenters. The number of likely N-dealkylation sites (tertiary alicyclic amines) is 1. The number of amides is 1. The van der Waals surface area contributed by atoms with Crippen LogP contribution in [0.5, 0.6) is 0 Å². The van der Waals surface area contributed by atoms with Crippen LogP contribution in [0.1, 0.15) is 29.5 Å². The predicted octanol–water partition coefficient (Wildman–Crippen LogP) is 3.30. The summed E-state index contributed by atoms with van der Waals surface area (Å²) in [5, 5.41) is 2.02.